The van der Waals surface area contributed by atoms with Crippen molar-refractivity contribution in [1.82, 2.24) is 15.1 Å². The third-order valence-electron chi connectivity index (χ3n) is 4.06. The Labute approximate surface area is 130 Å². The Morgan fingerprint density at radius 3 is 2.74 bits per heavy atom. The van der Waals surface area contributed by atoms with Gasteiger partial charge >= 0.3 is 0 Å². The minimum absolute atomic E-state index is 0.152. The van der Waals surface area contributed by atoms with Crippen molar-refractivity contribution in [3.05, 3.63) is 63.1 Å². The summed E-state index contributed by atoms with van der Waals surface area (Å²) in [4.78, 5) is 25.2. The van der Waals surface area contributed by atoms with E-state index in [-0.39, 0.29) is 22.7 Å². The SMILES string of the molecule is Cc1ccc(C(=O)N2CCCC2c2ccc(=O)[nH]n2)c(F)c1F. The maximum absolute atomic E-state index is 14.1. The summed E-state index contributed by atoms with van der Waals surface area (Å²) in [6.45, 7) is 1.87. The van der Waals surface area contributed by atoms with Gasteiger partial charge < -0.3 is 4.90 Å². The molecule has 1 aliphatic rings. The minimum atomic E-state index is -1.13. The van der Waals surface area contributed by atoms with E-state index in [0.29, 0.717) is 18.7 Å². The van der Waals surface area contributed by atoms with E-state index >= 15 is 0 Å². The molecule has 0 bridgehead atoms. The van der Waals surface area contributed by atoms with Gasteiger partial charge in [0.15, 0.2) is 11.6 Å². The number of hydrogen-bond donors (Lipinski definition) is 1. The molecule has 1 saturated heterocycles. The summed E-state index contributed by atoms with van der Waals surface area (Å²) in [6, 6.07) is 5.19. The van der Waals surface area contributed by atoms with Crippen LogP contribution < -0.4 is 5.56 Å². The molecule has 0 spiro atoms. The molecule has 0 saturated carbocycles. The number of aromatic amines is 1. The van der Waals surface area contributed by atoms with Gasteiger partial charge in [0, 0.05) is 12.6 Å². The van der Waals surface area contributed by atoms with Crippen LogP contribution in [0, 0.1) is 18.6 Å². The number of benzene rings is 1. The lowest BCUT2D eigenvalue weighted by Crippen LogP contribution is -2.32. The Bertz CT molecular complexity index is 799. The van der Waals surface area contributed by atoms with Gasteiger partial charge in [0.25, 0.3) is 11.5 Å². The van der Waals surface area contributed by atoms with Crippen molar-refractivity contribution in [1.29, 1.82) is 0 Å². The van der Waals surface area contributed by atoms with Crippen molar-refractivity contribution in [3.63, 3.8) is 0 Å². The van der Waals surface area contributed by atoms with Crippen LogP contribution in [0.5, 0.6) is 0 Å². The molecule has 1 atom stereocenters. The Morgan fingerprint density at radius 2 is 2.04 bits per heavy atom. The van der Waals surface area contributed by atoms with E-state index in [4.69, 9.17) is 0 Å². The lowest BCUT2D eigenvalue weighted by Gasteiger charge is -2.24. The Kier molecular flexibility index (Phi) is 3.94. The van der Waals surface area contributed by atoms with Crippen LogP contribution in [0.25, 0.3) is 0 Å². The number of aromatic nitrogens is 2. The van der Waals surface area contributed by atoms with Crippen LogP contribution in [0.1, 0.15) is 40.5 Å². The molecule has 23 heavy (non-hydrogen) atoms. The Morgan fingerprint density at radius 1 is 1.26 bits per heavy atom. The molecule has 3 rings (SSSR count). The fourth-order valence-corrected chi connectivity index (χ4v) is 2.82. The second-order valence-corrected chi connectivity index (χ2v) is 5.56. The predicted molar refractivity (Wildman–Crippen MR) is 79.0 cm³/mol. The third kappa shape index (κ3) is 2.74. The number of hydrogen-bond acceptors (Lipinski definition) is 3. The second-order valence-electron chi connectivity index (χ2n) is 5.56. The molecule has 0 aliphatic carbocycles. The number of carbonyl (C=O) groups is 1. The largest absolute Gasteiger partial charge is 0.330 e. The molecule has 1 amide bonds. The quantitative estimate of drug-likeness (QED) is 0.924. The summed E-state index contributed by atoms with van der Waals surface area (Å²) in [7, 11) is 0. The zero-order valence-corrected chi connectivity index (χ0v) is 12.5. The maximum atomic E-state index is 14.1. The van der Waals surface area contributed by atoms with E-state index in [2.05, 4.69) is 10.2 Å². The average molecular weight is 319 g/mol. The summed E-state index contributed by atoms with van der Waals surface area (Å²) < 4.78 is 27.8. The Balaban J connectivity index is 1.94. The molecule has 1 aromatic carbocycles. The van der Waals surface area contributed by atoms with Crippen LogP contribution in [0.3, 0.4) is 0 Å². The first-order chi connectivity index (χ1) is 11.0. The minimum Gasteiger partial charge on any atom is -0.330 e. The molecule has 2 heterocycles. The van der Waals surface area contributed by atoms with E-state index < -0.39 is 17.5 Å². The highest BCUT2D eigenvalue weighted by molar-refractivity contribution is 5.95. The van der Waals surface area contributed by atoms with E-state index in [1.165, 1.54) is 30.0 Å². The molecule has 1 N–H and O–H groups in total. The van der Waals surface area contributed by atoms with Gasteiger partial charge in [0.2, 0.25) is 0 Å². The average Bonchev–Trinajstić information content (AvgIpc) is 3.02. The van der Waals surface area contributed by atoms with E-state index in [1.54, 1.807) is 6.07 Å². The van der Waals surface area contributed by atoms with Crippen LogP contribution in [-0.4, -0.2) is 27.5 Å². The summed E-state index contributed by atoms with van der Waals surface area (Å²) in [5, 5.41) is 6.27. The highest BCUT2D eigenvalue weighted by Gasteiger charge is 2.33. The monoisotopic (exact) mass is 319 g/mol. The standard InChI is InChI=1S/C16H15F2N3O2/c1-9-4-5-10(15(18)14(9)17)16(23)21-8-2-3-12(21)11-6-7-13(22)20-19-11/h4-7,12H,2-3,8H2,1H3,(H,20,22). The summed E-state index contributed by atoms with van der Waals surface area (Å²) in [6.07, 6.45) is 1.38. The molecule has 1 unspecified atom stereocenters. The van der Waals surface area contributed by atoms with Crippen molar-refractivity contribution in [3.8, 4) is 0 Å². The molecule has 1 fully saturated rings. The summed E-state index contributed by atoms with van der Waals surface area (Å²) in [5.41, 5.74) is 0.0588. The third-order valence-corrected chi connectivity index (χ3v) is 4.06. The molecule has 2 aromatic rings. The normalized spacial score (nSPS) is 17.5. The molecule has 120 valence electrons. The smallest absolute Gasteiger partial charge is 0.264 e. The topological polar surface area (TPSA) is 66.1 Å². The number of carbonyl (C=O) groups excluding carboxylic acids is 1. The number of halogens is 2. The molecule has 0 radical (unpaired) electrons. The van der Waals surface area contributed by atoms with Crippen LogP contribution >= 0.6 is 0 Å². The molecular weight excluding hydrogens is 304 g/mol. The lowest BCUT2D eigenvalue weighted by molar-refractivity contribution is 0.0726. The van der Waals surface area contributed by atoms with Gasteiger partial charge in [-0.3, -0.25) is 9.59 Å². The molecule has 1 aliphatic heterocycles. The van der Waals surface area contributed by atoms with Crippen molar-refractivity contribution in [2.24, 2.45) is 0 Å². The first-order valence-corrected chi connectivity index (χ1v) is 7.30. The summed E-state index contributed by atoms with van der Waals surface area (Å²) in [5.74, 6) is -2.71. The zero-order valence-electron chi connectivity index (χ0n) is 12.5. The first kappa shape index (κ1) is 15.3. The number of aryl methyl sites for hydroxylation is 1. The number of rotatable bonds is 2. The van der Waals surface area contributed by atoms with Crippen molar-refractivity contribution in [2.75, 3.05) is 6.54 Å². The van der Waals surface area contributed by atoms with Gasteiger partial charge in [0.05, 0.1) is 17.3 Å². The first-order valence-electron chi connectivity index (χ1n) is 7.30. The van der Waals surface area contributed by atoms with Crippen molar-refractivity contribution >= 4 is 5.91 Å². The zero-order chi connectivity index (χ0) is 16.6. The van der Waals surface area contributed by atoms with Gasteiger partial charge in [-0.05, 0) is 37.5 Å². The van der Waals surface area contributed by atoms with Crippen molar-refractivity contribution < 1.29 is 13.6 Å². The van der Waals surface area contributed by atoms with Crippen LogP contribution in [0.2, 0.25) is 0 Å². The number of nitrogens with one attached hydrogen (secondary N) is 1. The van der Waals surface area contributed by atoms with Gasteiger partial charge in [-0.15, -0.1) is 0 Å². The van der Waals surface area contributed by atoms with Crippen LogP contribution in [0.15, 0.2) is 29.1 Å². The van der Waals surface area contributed by atoms with Crippen molar-refractivity contribution in [2.45, 2.75) is 25.8 Å². The highest BCUT2D eigenvalue weighted by atomic mass is 19.2. The fraction of sp³-hybridized carbons (Fsp3) is 0.312. The number of likely N-dealkylation sites (tertiary alicyclic amines) is 1. The van der Waals surface area contributed by atoms with Crippen LogP contribution in [-0.2, 0) is 0 Å². The van der Waals surface area contributed by atoms with Gasteiger partial charge in [-0.2, -0.15) is 5.10 Å². The lowest BCUT2D eigenvalue weighted by atomic mass is 10.1. The van der Waals surface area contributed by atoms with Crippen LogP contribution in [0.4, 0.5) is 8.78 Å². The number of nitrogens with zero attached hydrogens (tertiary/aromatic N) is 2. The van der Waals surface area contributed by atoms with Gasteiger partial charge in [-0.25, -0.2) is 13.9 Å². The second kappa shape index (κ2) is 5.91. The maximum Gasteiger partial charge on any atom is 0.264 e. The van der Waals surface area contributed by atoms with Gasteiger partial charge in [-0.1, -0.05) is 6.07 Å². The predicted octanol–water partition coefficient (Wildman–Crippen LogP) is 2.33. The number of H-pyrrole nitrogens is 1. The van der Waals surface area contributed by atoms with Gasteiger partial charge in [0.1, 0.15) is 0 Å². The fourth-order valence-electron chi connectivity index (χ4n) is 2.82. The van der Waals surface area contributed by atoms with E-state index in [9.17, 15) is 18.4 Å². The molecule has 1 aromatic heterocycles. The van der Waals surface area contributed by atoms with E-state index in [1.807, 2.05) is 0 Å². The molecule has 7 heteroatoms. The number of amides is 1. The highest BCUT2D eigenvalue weighted by Crippen LogP contribution is 2.32. The molecular formula is C16H15F2N3O2. The summed E-state index contributed by atoms with van der Waals surface area (Å²) >= 11 is 0. The Hall–Kier alpha value is -2.57. The van der Waals surface area contributed by atoms with E-state index in [0.717, 1.165) is 6.42 Å². The molecule has 5 nitrogen and oxygen atoms in total.